The maximum absolute atomic E-state index is 5.48. The second-order valence-electron chi connectivity index (χ2n) is 15.0. The smallest absolute Gasteiger partial charge is 0.0708 e. The molecule has 4 aromatic rings. The Kier molecular flexibility index (Phi) is 16.6. The first-order chi connectivity index (χ1) is 29.0. The van der Waals surface area contributed by atoms with Crippen LogP contribution in [0.15, 0.2) is 191 Å². The molecule has 2 aliphatic carbocycles. The molecule has 0 spiro atoms. The molecule has 1 aromatic heterocycles. The van der Waals surface area contributed by atoms with Crippen molar-refractivity contribution in [2.45, 2.75) is 97.8 Å². The average molecular weight is 775 g/mol. The van der Waals surface area contributed by atoms with Gasteiger partial charge in [-0.3, -0.25) is 9.98 Å². The van der Waals surface area contributed by atoms with Gasteiger partial charge in [0.1, 0.15) is 0 Å². The van der Waals surface area contributed by atoms with Crippen molar-refractivity contribution in [2.75, 3.05) is 0 Å². The van der Waals surface area contributed by atoms with E-state index in [0.717, 1.165) is 55.6 Å². The Balaban J connectivity index is 0.00000160. The number of aliphatic imine (C=N–C) groups is 1. The summed E-state index contributed by atoms with van der Waals surface area (Å²) in [5, 5.41) is 0. The van der Waals surface area contributed by atoms with E-state index < -0.39 is 0 Å². The Labute approximate surface area is 356 Å². The predicted octanol–water partition coefficient (Wildman–Crippen LogP) is 15.3. The fraction of sp³-hybridized carbons (Fsp3) is 0.263. The van der Waals surface area contributed by atoms with Crippen molar-refractivity contribution in [3.8, 4) is 24.0 Å². The van der Waals surface area contributed by atoms with Gasteiger partial charge in [-0.2, -0.15) is 0 Å². The van der Waals surface area contributed by atoms with Crippen molar-refractivity contribution in [3.63, 3.8) is 0 Å². The summed E-state index contributed by atoms with van der Waals surface area (Å²) >= 11 is 0. The first-order valence-electron chi connectivity index (χ1n) is 21.6. The van der Waals surface area contributed by atoms with Gasteiger partial charge in [0.25, 0.3) is 0 Å². The molecular formula is C57H62N2. The van der Waals surface area contributed by atoms with Gasteiger partial charge in [0, 0.05) is 12.6 Å². The summed E-state index contributed by atoms with van der Waals surface area (Å²) in [6, 6.07) is 33.3. The third-order valence-electron chi connectivity index (χ3n) is 11.4. The molecule has 2 nitrogen and oxygen atoms in total. The monoisotopic (exact) mass is 774 g/mol. The molecule has 59 heavy (non-hydrogen) atoms. The lowest BCUT2D eigenvalue weighted by Crippen LogP contribution is -2.36. The van der Waals surface area contributed by atoms with E-state index in [1.807, 2.05) is 26.1 Å². The molecule has 2 atom stereocenters. The van der Waals surface area contributed by atoms with E-state index in [9.17, 15) is 0 Å². The van der Waals surface area contributed by atoms with Crippen molar-refractivity contribution in [1.82, 2.24) is 4.98 Å². The first kappa shape index (κ1) is 44.1. The van der Waals surface area contributed by atoms with Crippen LogP contribution in [0, 0.1) is 12.8 Å². The van der Waals surface area contributed by atoms with Crippen LogP contribution in [0.4, 0.5) is 0 Å². The molecule has 3 aliphatic rings. The van der Waals surface area contributed by atoms with Gasteiger partial charge in [-0.15, -0.1) is 12.8 Å². The van der Waals surface area contributed by atoms with Crippen molar-refractivity contribution in [2.24, 2.45) is 4.99 Å². The van der Waals surface area contributed by atoms with E-state index in [4.69, 9.17) is 9.98 Å². The summed E-state index contributed by atoms with van der Waals surface area (Å²) in [4.78, 5) is 10.5. The average Bonchev–Trinajstić information content (AvgIpc) is 3.72. The third-order valence-corrected chi connectivity index (χ3v) is 11.4. The van der Waals surface area contributed by atoms with Crippen LogP contribution in [-0.2, 0) is 11.8 Å². The molecule has 1 aliphatic heterocycles. The maximum atomic E-state index is 5.48. The van der Waals surface area contributed by atoms with Crippen LogP contribution in [0.3, 0.4) is 0 Å². The van der Waals surface area contributed by atoms with Crippen LogP contribution in [0.2, 0.25) is 0 Å². The molecule has 0 N–H and O–H groups in total. The van der Waals surface area contributed by atoms with E-state index in [-0.39, 0.29) is 5.41 Å². The number of terminal acetylenes is 1. The molecule has 0 fully saturated rings. The summed E-state index contributed by atoms with van der Waals surface area (Å²) in [5.41, 5.74) is 15.7. The van der Waals surface area contributed by atoms with Gasteiger partial charge in [0.05, 0.1) is 22.5 Å². The normalized spacial score (nSPS) is 18.3. The maximum Gasteiger partial charge on any atom is 0.0708 e. The summed E-state index contributed by atoms with van der Waals surface area (Å²) in [5.74, 6) is 0.309. The zero-order valence-electron chi connectivity index (χ0n) is 36.2. The summed E-state index contributed by atoms with van der Waals surface area (Å²) < 4.78 is 0. The lowest BCUT2D eigenvalue weighted by Gasteiger charge is -2.41. The zero-order chi connectivity index (χ0) is 42.0. The molecule has 7 rings (SSSR count). The van der Waals surface area contributed by atoms with Gasteiger partial charge in [-0.25, -0.2) is 0 Å². The lowest BCUT2D eigenvalue weighted by molar-refractivity contribution is 0.571. The largest absolute Gasteiger partial charge is 0.260 e. The molecule has 1 unspecified atom stereocenters. The molecule has 0 saturated carbocycles. The quantitative estimate of drug-likeness (QED) is 0.0846. The lowest BCUT2D eigenvalue weighted by atomic mass is 9.62. The van der Waals surface area contributed by atoms with E-state index in [1.165, 1.54) is 62.1 Å². The predicted molar refractivity (Wildman–Crippen MR) is 257 cm³/mol. The zero-order valence-corrected chi connectivity index (χ0v) is 36.2. The van der Waals surface area contributed by atoms with Crippen molar-refractivity contribution in [1.29, 1.82) is 0 Å². The van der Waals surface area contributed by atoms with Crippen LogP contribution < -0.4 is 0 Å². The van der Waals surface area contributed by atoms with Crippen LogP contribution in [0.25, 0.3) is 16.7 Å². The second-order valence-corrected chi connectivity index (χ2v) is 15.0. The summed E-state index contributed by atoms with van der Waals surface area (Å²) in [6.07, 6.45) is 42.1. The minimum atomic E-state index is -0.350. The first-order valence-corrected chi connectivity index (χ1v) is 21.6. The van der Waals surface area contributed by atoms with E-state index in [2.05, 4.69) is 192 Å². The van der Waals surface area contributed by atoms with Gasteiger partial charge in [-0.05, 0) is 133 Å². The summed E-state index contributed by atoms with van der Waals surface area (Å²) in [7, 11) is 0. The standard InChI is InChI=1S/C53H54N2.C2H6.C2H2/c1-5-7-11-21-40(4)53(52-28-18-19-35-54-52)38-46-32-31-44(36-48(46)47-26-16-17-27-49(47)53)45-33-34-50(55-51(37-45)43-24-12-8-9-13-25-43)42(20-6-2)30-29-39(3)41-22-14-10-15-23-41;2*1-2/h5,7,10,12,14-33,35-37,39H,6,8-9,11,13,34,38H2,1-4H3;1-2H3;1-2H/b7-5-,30-29-,40-21+,42-20+;;/t39-,53?;;/m1../s1. The second kappa shape index (κ2) is 22.2. The highest BCUT2D eigenvalue weighted by Gasteiger charge is 2.42. The summed E-state index contributed by atoms with van der Waals surface area (Å²) in [6.45, 7) is 12.9. The Bertz CT molecular complexity index is 2320. The molecule has 2 heteroatoms. The minimum Gasteiger partial charge on any atom is -0.260 e. The van der Waals surface area contributed by atoms with E-state index in [0.29, 0.717) is 5.92 Å². The molecule has 3 aromatic carbocycles. The Morgan fingerprint density at radius 1 is 0.864 bits per heavy atom. The fourth-order valence-corrected chi connectivity index (χ4v) is 8.33. The van der Waals surface area contributed by atoms with Gasteiger partial charge in [0.2, 0.25) is 0 Å². The van der Waals surface area contributed by atoms with Gasteiger partial charge >= 0.3 is 0 Å². The van der Waals surface area contributed by atoms with Gasteiger partial charge in [0.15, 0.2) is 0 Å². The number of hydrogen-bond donors (Lipinski definition) is 0. The topological polar surface area (TPSA) is 25.2 Å². The highest BCUT2D eigenvalue weighted by atomic mass is 14.8. The number of nitrogens with zero attached hydrogens (tertiary/aromatic N) is 2. The molecule has 0 bridgehead atoms. The highest BCUT2D eigenvalue weighted by molar-refractivity contribution is 6.06. The Hall–Kier alpha value is -6.04. The number of pyridine rings is 1. The number of allylic oxidation sites excluding steroid dienone is 14. The van der Waals surface area contributed by atoms with Gasteiger partial charge in [-0.1, -0.05) is 167 Å². The number of rotatable bonds is 11. The molecule has 300 valence electrons. The van der Waals surface area contributed by atoms with Crippen molar-refractivity contribution in [3.05, 3.63) is 214 Å². The number of fused-ring (bicyclic) bond motifs is 3. The number of benzene rings is 3. The minimum absolute atomic E-state index is 0.309. The van der Waals surface area contributed by atoms with E-state index >= 15 is 0 Å². The molecule has 0 saturated heterocycles. The van der Waals surface area contributed by atoms with Gasteiger partial charge < -0.3 is 0 Å². The number of aromatic nitrogens is 1. The van der Waals surface area contributed by atoms with E-state index in [1.54, 1.807) is 0 Å². The number of hydrogen-bond acceptors (Lipinski definition) is 2. The SMILES string of the molecule is C#C.C/C=C\C/C=C(\C)C1(c2ccccn2)Cc2ccc(C3=CCC(C(/C=C\[C@@H](C)c4ccccc4)=C/CC)=NC(C4=CCCCC=C4)=C3)cc2-c2ccccc21.CC. The Morgan fingerprint density at radius 2 is 1.64 bits per heavy atom. The Morgan fingerprint density at radius 3 is 2.41 bits per heavy atom. The highest BCUT2D eigenvalue weighted by Crippen LogP contribution is 2.51. The molecule has 0 amide bonds. The van der Waals surface area contributed by atoms with Crippen LogP contribution in [-0.4, -0.2) is 10.7 Å². The van der Waals surface area contributed by atoms with Crippen LogP contribution in [0.1, 0.15) is 114 Å². The van der Waals surface area contributed by atoms with Crippen LogP contribution >= 0.6 is 0 Å². The third kappa shape index (κ3) is 10.3. The van der Waals surface area contributed by atoms with Crippen LogP contribution in [0.5, 0.6) is 0 Å². The van der Waals surface area contributed by atoms with Crippen molar-refractivity contribution < 1.29 is 0 Å². The molecule has 0 radical (unpaired) electrons. The molecular weight excluding hydrogens is 713 g/mol. The fourth-order valence-electron chi connectivity index (χ4n) is 8.33. The van der Waals surface area contributed by atoms with Crippen molar-refractivity contribution >= 4 is 11.3 Å². The molecule has 2 heterocycles.